The number of hydrogen-bond donors (Lipinski definition) is 0. The maximum atomic E-state index is 12.4. The third kappa shape index (κ3) is 4.47. The number of morpholine rings is 1. The zero-order valence-corrected chi connectivity index (χ0v) is 15.5. The Kier molecular flexibility index (Phi) is 6.36. The average Bonchev–Trinajstić information content (AvgIpc) is 3.10. The number of ether oxygens (including phenoxy) is 1. The Balaban J connectivity index is 1.41. The van der Waals surface area contributed by atoms with Gasteiger partial charge in [0.1, 0.15) is 0 Å². The van der Waals surface area contributed by atoms with E-state index in [4.69, 9.17) is 4.74 Å². The largest absolute Gasteiger partial charge is 0.378 e. The maximum Gasteiger partial charge on any atom is 0.312 e. The first-order chi connectivity index (χ1) is 12.6. The molecule has 0 aromatic rings. The topological polar surface area (TPSA) is 90.5 Å². The summed E-state index contributed by atoms with van der Waals surface area (Å²) in [5.41, 5.74) is 0. The quantitative estimate of drug-likeness (QED) is 0.585. The van der Waals surface area contributed by atoms with Crippen LogP contribution in [0.5, 0.6) is 0 Å². The molecular formula is C16H24N4O5S. The third-order valence-corrected chi connectivity index (χ3v) is 5.73. The molecule has 3 saturated heterocycles. The molecule has 0 atom stereocenters. The van der Waals surface area contributed by atoms with E-state index in [1.165, 1.54) is 21.6 Å². The van der Waals surface area contributed by atoms with Gasteiger partial charge >= 0.3 is 11.8 Å². The first-order valence-electron chi connectivity index (χ1n) is 8.91. The molecule has 0 radical (unpaired) electrons. The van der Waals surface area contributed by atoms with Crippen LogP contribution in [0, 0.1) is 0 Å². The number of hydrogen-bond acceptors (Lipinski definition) is 6. The van der Waals surface area contributed by atoms with Crippen LogP contribution in [-0.4, -0.2) is 114 Å². The second-order valence-electron chi connectivity index (χ2n) is 6.43. The fraction of sp³-hybridized carbons (Fsp3) is 0.750. The van der Waals surface area contributed by atoms with Gasteiger partial charge in [-0.15, -0.1) is 0 Å². The van der Waals surface area contributed by atoms with E-state index in [-0.39, 0.29) is 11.1 Å². The molecule has 4 amide bonds. The highest BCUT2D eigenvalue weighted by atomic mass is 32.2. The van der Waals surface area contributed by atoms with Crippen molar-refractivity contribution in [2.75, 3.05) is 71.3 Å². The number of carbonyl (C=O) groups is 4. The van der Waals surface area contributed by atoms with Crippen molar-refractivity contribution in [2.45, 2.75) is 6.42 Å². The fourth-order valence-electron chi connectivity index (χ4n) is 3.21. The van der Waals surface area contributed by atoms with E-state index in [0.29, 0.717) is 72.0 Å². The first kappa shape index (κ1) is 19.0. The SMILES string of the molecule is O=C(CCN1CCSC1=O)N1CCN(C(=O)C(=O)N2CCOCC2)CC1. The molecule has 144 valence electrons. The summed E-state index contributed by atoms with van der Waals surface area (Å²) in [4.78, 5) is 54.9. The zero-order chi connectivity index (χ0) is 18.5. The summed E-state index contributed by atoms with van der Waals surface area (Å²) in [5, 5.41) is 0.0369. The average molecular weight is 384 g/mol. The molecule has 26 heavy (non-hydrogen) atoms. The highest BCUT2D eigenvalue weighted by Crippen LogP contribution is 2.17. The van der Waals surface area contributed by atoms with Crippen LogP contribution in [0.3, 0.4) is 0 Å². The van der Waals surface area contributed by atoms with Gasteiger partial charge < -0.3 is 24.3 Å². The monoisotopic (exact) mass is 384 g/mol. The van der Waals surface area contributed by atoms with Gasteiger partial charge in [0.25, 0.3) is 5.24 Å². The van der Waals surface area contributed by atoms with Crippen molar-refractivity contribution in [3.63, 3.8) is 0 Å². The van der Waals surface area contributed by atoms with Crippen molar-refractivity contribution >= 4 is 34.7 Å². The Bertz CT molecular complexity index is 573. The van der Waals surface area contributed by atoms with E-state index >= 15 is 0 Å². The van der Waals surface area contributed by atoms with E-state index < -0.39 is 11.8 Å². The second-order valence-corrected chi connectivity index (χ2v) is 7.48. The van der Waals surface area contributed by atoms with Crippen LogP contribution < -0.4 is 0 Å². The molecule has 9 nitrogen and oxygen atoms in total. The van der Waals surface area contributed by atoms with Gasteiger partial charge in [0.05, 0.1) is 13.2 Å². The summed E-state index contributed by atoms with van der Waals surface area (Å²) in [7, 11) is 0. The summed E-state index contributed by atoms with van der Waals surface area (Å²) in [6.45, 7) is 4.50. The van der Waals surface area contributed by atoms with Crippen molar-refractivity contribution in [3.05, 3.63) is 0 Å². The number of rotatable bonds is 3. The zero-order valence-electron chi connectivity index (χ0n) is 14.7. The highest BCUT2D eigenvalue weighted by molar-refractivity contribution is 8.13. The van der Waals surface area contributed by atoms with Crippen molar-refractivity contribution in [2.24, 2.45) is 0 Å². The summed E-state index contributed by atoms with van der Waals surface area (Å²) in [6, 6.07) is 0. The first-order valence-corrected chi connectivity index (χ1v) is 9.90. The van der Waals surface area contributed by atoms with E-state index in [9.17, 15) is 19.2 Å². The lowest BCUT2D eigenvalue weighted by Crippen LogP contribution is -2.55. The van der Waals surface area contributed by atoms with Crippen molar-refractivity contribution in [1.82, 2.24) is 19.6 Å². The van der Waals surface area contributed by atoms with E-state index in [1.54, 1.807) is 9.80 Å². The molecule has 3 fully saturated rings. The molecule has 0 spiro atoms. The van der Waals surface area contributed by atoms with Crippen LogP contribution in [0.4, 0.5) is 4.79 Å². The molecule has 3 rings (SSSR count). The lowest BCUT2D eigenvalue weighted by atomic mass is 10.2. The van der Waals surface area contributed by atoms with Crippen molar-refractivity contribution in [1.29, 1.82) is 0 Å². The molecule has 3 aliphatic rings. The summed E-state index contributed by atoms with van der Waals surface area (Å²) in [6.07, 6.45) is 0.299. The maximum absolute atomic E-state index is 12.4. The Labute approximate surface area is 156 Å². The minimum absolute atomic E-state index is 0.0127. The van der Waals surface area contributed by atoms with Gasteiger partial charge in [0.2, 0.25) is 5.91 Å². The third-order valence-electron chi connectivity index (χ3n) is 4.84. The van der Waals surface area contributed by atoms with Gasteiger partial charge in [-0.1, -0.05) is 11.8 Å². The van der Waals surface area contributed by atoms with Gasteiger partial charge in [0, 0.05) is 64.5 Å². The molecule has 0 saturated carbocycles. The molecule has 3 aliphatic heterocycles. The smallest absolute Gasteiger partial charge is 0.312 e. The van der Waals surface area contributed by atoms with Crippen molar-refractivity contribution < 1.29 is 23.9 Å². The second kappa shape index (κ2) is 8.72. The van der Waals surface area contributed by atoms with Crippen LogP contribution in [0.25, 0.3) is 0 Å². The Hall–Kier alpha value is -1.81. The molecule has 0 aliphatic carbocycles. The molecule has 0 unspecified atom stereocenters. The van der Waals surface area contributed by atoms with E-state index in [2.05, 4.69) is 0 Å². The molecule has 0 bridgehead atoms. The standard InChI is InChI=1S/C16H24N4O5S/c21-13(1-2-20-9-12-26-16(20)24)17-3-5-18(6-4-17)14(22)15(23)19-7-10-25-11-8-19/h1-12H2. The van der Waals surface area contributed by atoms with E-state index in [0.717, 1.165) is 5.75 Å². The van der Waals surface area contributed by atoms with Gasteiger partial charge in [-0.25, -0.2) is 0 Å². The van der Waals surface area contributed by atoms with Crippen LogP contribution in [0.2, 0.25) is 0 Å². The molecule has 3 heterocycles. The fourth-order valence-corrected chi connectivity index (χ4v) is 4.06. The van der Waals surface area contributed by atoms with Crippen LogP contribution >= 0.6 is 11.8 Å². The van der Waals surface area contributed by atoms with E-state index in [1.807, 2.05) is 0 Å². The molecular weight excluding hydrogens is 360 g/mol. The molecule has 10 heteroatoms. The van der Waals surface area contributed by atoms with Gasteiger partial charge in [-0.05, 0) is 0 Å². The Morgan fingerprint density at radius 3 is 2.00 bits per heavy atom. The number of piperazine rings is 1. The minimum atomic E-state index is -0.501. The Morgan fingerprint density at radius 2 is 1.42 bits per heavy atom. The molecule has 0 aromatic carbocycles. The minimum Gasteiger partial charge on any atom is -0.378 e. The number of carbonyl (C=O) groups excluding carboxylic acids is 4. The molecule has 0 aromatic heterocycles. The van der Waals surface area contributed by atoms with Crippen molar-refractivity contribution in [3.8, 4) is 0 Å². The number of thioether (sulfide) groups is 1. The Morgan fingerprint density at radius 1 is 0.846 bits per heavy atom. The summed E-state index contributed by atoms with van der Waals surface area (Å²) in [5.74, 6) is -0.219. The predicted octanol–water partition coefficient (Wildman–Crippen LogP) is -0.925. The van der Waals surface area contributed by atoms with Gasteiger partial charge in [-0.2, -0.15) is 0 Å². The summed E-state index contributed by atoms with van der Waals surface area (Å²) < 4.78 is 5.19. The normalized spacial score (nSPS) is 21.3. The lowest BCUT2D eigenvalue weighted by molar-refractivity contribution is -0.155. The number of nitrogens with zero attached hydrogens (tertiary/aromatic N) is 4. The van der Waals surface area contributed by atoms with Gasteiger partial charge in [0.15, 0.2) is 0 Å². The van der Waals surface area contributed by atoms with Crippen LogP contribution in [0.1, 0.15) is 6.42 Å². The van der Waals surface area contributed by atoms with Gasteiger partial charge in [-0.3, -0.25) is 19.2 Å². The molecule has 0 N–H and O–H groups in total. The van der Waals surface area contributed by atoms with Crippen LogP contribution in [0.15, 0.2) is 0 Å². The predicted molar refractivity (Wildman–Crippen MR) is 94.6 cm³/mol. The summed E-state index contributed by atoms with van der Waals surface area (Å²) >= 11 is 1.28. The highest BCUT2D eigenvalue weighted by Gasteiger charge is 2.31. The lowest BCUT2D eigenvalue weighted by Gasteiger charge is -2.36. The van der Waals surface area contributed by atoms with Crippen LogP contribution in [-0.2, 0) is 19.1 Å². The number of amides is 4.